The van der Waals surface area contributed by atoms with E-state index in [1.54, 1.807) is 6.07 Å². The predicted molar refractivity (Wildman–Crippen MR) is 57.2 cm³/mol. The summed E-state index contributed by atoms with van der Waals surface area (Å²) >= 11 is 1.08. The maximum Gasteiger partial charge on any atom is 0.171 e. The van der Waals surface area contributed by atoms with Crippen LogP contribution in [0, 0.1) is 5.82 Å². The van der Waals surface area contributed by atoms with Crippen LogP contribution in [0.2, 0.25) is 0 Å². The van der Waals surface area contributed by atoms with Crippen LogP contribution in [0.3, 0.4) is 0 Å². The predicted octanol–water partition coefficient (Wildman–Crippen LogP) is 2.17. The highest BCUT2D eigenvalue weighted by atomic mass is 32.1. The molecule has 0 aliphatic heterocycles. The number of benzene rings is 1. The fraction of sp³-hybridized carbons (Fsp3) is 0.100. The van der Waals surface area contributed by atoms with E-state index in [1.807, 2.05) is 0 Å². The second kappa shape index (κ2) is 4.36. The van der Waals surface area contributed by atoms with Crippen LogP contribution in [-0.4, -0.2) is 23.0 Å². The summed E-state index contributed by atoms with van der Waals surface area (Å²) in [6, 6.07) is 4.35. The quantitative estimate of drug-likeness (QED) is 0.769. The minimum absolute atomic E-state index is 0.128. The normalized spacial score (nSPS) is 10.1. The third kappa shape index (κ3) is 1.79. The molecule has 1 aromatic carbocycles. The van der Waals surface area contributed by atoms with Crippen molar-refractivity contribution in [2.45, 2.75) is 0 Å². The molecule has 0 atom stereocenters. The maximum absolute atomic E-state index is 13.2. The zero-order chi connectivity index (χ0) is 11.5. The Balaban J connectivity index is 2.52. The smallest absolute Gasteiger partial charge is 0.171 e. The number of halogens is 1. The molecule has 0 amide bonds. The molecule has 0 spiro atoms. The molecule has 82 valence electrons. The van der Waals surface area contributed by atoms with Crippen LogP contribution in [0.25, 0.3) is 10.4 Å². The highest BCUT2D eigenvalue weighted by Gasteiger charge is 2.12. The number of hydrogen-bond acceptors (Lipinski definition) is 5. The lowest BCUT2D eigenvalue weighted by Crippen LogP contribution is -1.89. The molecule has 4 nitrogen and oxygen atoms in total. The van der Waals surface area contributed by atoms with Crippen molar-refractivity contribution < 1.29 is 13.9 Å². The van der Waals surface area contributed by atoms with Gasteiger partial charge in [0.05, 0.1) is 12.0 Å². The molecular weight excluding hydrogens is 231 g/mol. The first-order chi connectivity index (χ1) is 7.76. The molecule has 0 radical (unpaired) electrons. The van der Waals surface area contributed by atoms with Gasteiger partial charge in [0.25, 0.3) is 0 Å². The lowest BCUT2D eigenvalue weighted by Gasteiger charge is -2.03. The standard InChI is InChI=1S/C10H7FN2O2S/c1-15-9-4-6(2-3-7(9)11)10-8(5-14)12-13-16-10/h2-5H,1H3. The summed E-state index contributed by atoms with van der Waals surface area (Å²) in [6.07, 6.45) is 0.620. The zero-order valence-corrected chi connectivity index (χ0v) is 9.12. The Kier molecular flexibility index (Phi) is 2.91. The summed E-state index contributed by atoms with van der Waals surface area (Å²) < 4.78 is 21.7. The van der Waals surface area contributed by atoms with Gasteiger partial charge in [-0.25, -0.2) is 4.39 Å². The number of aldehydes is 1. The lowest BCUT2D eigenvalue weighted by molar-refractivity contribution is 0.111. The second-order valence-electron chi connectivity index (χ2n) is 2.95. The number of carbonyl (C=O) groups excluding carboxylic acids is 1. The summed E-state index contributed by atoms with van der Waals surface area (Å²) in [5.74, 6) is -0.320. The van der Waals surface area contributed by atoms with Gasteiger partial charge in [0, 0.05) is 0 Å². The van der Waals surface area contributed by atoms with Gasteiger partial charge < -0.3 is 4.74 Å². The Bertz CT molecular complexity index is 527. The van der Waals surface area contributed by atoms with Gasteiger partial charge in [0.1, 0.15) is 5.69 Å². The van der Waals surface area contributed by atoms with Crippen LogP contribution in [0.5, 0.6) is 5.75 Å². The molecule has 0 fully saturated rings. The van der Waals surface area contributed by atoms with Crippen molar-refractivity contribution in [2.75, 3.05) is 7.11 Å². The fourth-order valence-corrected chi connectivity index (χ4v) is 1.90. The first-order valence-corrected chi connectivity index (χ1v) is 5.15. The number of carbonyl (C=O) groups is 1. The van der Waals surface area contributed by atoms with Crippen molar-refractivity contribution in [3.8, 4) is 16.2 Å². The third-order valence-corrected chi connectivity index (χ3v) is 2.83. The van der Waals surface area contributed by atoms with Crippen molar-refractivity contribution >= 4 is 17.8 Å². The van der Waals surface area contributed by atoms with Crippen molar-refractivity contribution in [1.82, 2.24) is 9.59 Å². The lowest BCUT2D eigenvalue weighted by atomic mass is 10.1. The first kappa shape index (κ1) is 10.7. The maximum atomic E-state index is 13.2. The van der Waals surface area contributed by atoms with Gasteiger partial charge in [0.15, 0.2) is 17.9 Å². The van der Waals surface area contributed by atoms with E-state index in [-0.39, 0.29) is 11.4 Å². The highest BCUT2D eigenvalue weighted by molar-refractivity contribution is 7.09. The average Bonchev–Trinajstić information content (AvgIpc) is 2.78. The van der Waals surface area contributed by atoms with Crippen molar-refractivity contribution in [1.29, 1.82) is 0 Å². The number of nitrogens with zero attached hydrogens (tertiary/aromatic N) is 2. The second-order valence-corrected chi connectivity index (χ2v) is 3.71. The fourth-order valence-electron chi connectivity index (χ4n) is 1.28. The van der Waals surface area contributed by atoms with E-state index in [9.17, 15) is 9.18 Å². The molecule has 6 heteroatoms. The SMILES string of the molecule is COc1cc(-c2snnc2C=O)ccc1F. The minimum Gasteiger partial charge on any atom is -0.494 e. The first-order valence-electron chi connectivity index (χ1n) is 4.37. The van der Waals surface area contributed by atoms with E-state index in [1.165, 1.54) is 19.2 Å². The van der Waals surface area contributed by atoms with E-state index in [0.29, 0.717) is 16.7 Å². The number of aromatic nitrogens is 2. The molecule has 1 heterocycles. The summed E-state index contributed by atoms with van der Waals surface area (Å²) in [5.41, 5.74) is 0.911. The molecular formula is C10H7FN2O2S. The Morgan fingerprint density at radius 1 is 1.50 bits per heavy atom. The molecule has 16 heavy (non-hydrogen) atoms. The molecule has 2 rings (SSSR count). The summed E-state index contributed by atoms with van der Waals surface area (Å²) in [4.78, 5) is 11.3. The van der Waals surface area contributed by atoms with E-state index in [0.717, 1.165) is 11.5 Å². The summed E-state index contributed by atoms with van der Waals surface area (Å²) in [7, 11) is 1.38. The molecule has 2 aromatic rings. The van der Waals surface area contributed by atoms with Gasteiger partial charge in [-0.1, -0.05) is 10.6 Å². The van der Waals surface area contributed by atoms with Crippen LogP contribution in [0.4, 0.5) is 4.39 Å². The van der Waals surface area contributed by atoms with Gasteiger partial charge in [-0.15, -0.1) is 5.10 Å². The topological polar surface area (TPSA) is 52.1 Å². The van der Waals surface area contributed by atoms with Gasteiger partial charge in [0.2, 0.25) is 0 Å². The van der Waals surface area contributed by atoms with Crippen molar-refractivity contribution in [2.24, 2.45) is 0 Å². The summed E-state index contributed by atoms with van der Waals surface area (Å²) in [6.45, 7) is 0. The molecule has 0 saturated heterocycles. The number of rotatable bonds is 3. The Morgan fingerprint density at radius 3 is 3.00 bits per heavy atom. The minimum atomic E-state index is -0.448. The van der Waals surface area contributed by atoms with Crippen molar-refractivity contribution in [3.63, 3.8) is 0 Å². The summed E-state index contributed by atoms with van der Waals surface area (Å²) in [5, 5.41) is 3.65. The van der Waals surface area contributed by atoms with E-state index >= 15 is 0 Å². The Hall–Kier alpha value is -1.82. The molecule has 0 aliphatic carbocycles. The van der Waals surface area contributed by atoms with Crippen LogP contribution in [-0.2, 0) is 0 Å². The van der Waals surface area contributed by atoms with Gasteiger partial charge in [-0.3, -0.25) is 4.79 Å². The largest absolute Gasteiger partial charge is 0.494 e. The van der Waals surface area contributed by atoms with E-state index in [2.05, 4.69) is 9.59 Å². The third-order valence-electron chi connectivity index (χ3n) is 2.04. The molecule has 0 N–H and O–H groups in total. The van der Waals surface area contributed by atoms with Gasteiger partial charge in [-0.05, 0) is 29.2 Å². The van der Waals surface area contributed by atoms with Crippen molar-refractivity contribution in [3.05, 3.63) is 29.7 Å². The monoisotopic (exact) mass is 238 g/mol. The molecule has 0 saturated carbocycles. The number of ether oxygens (including phenoxy) is 1. The molecule has 0 unspecified atom stereocenters. The van der Waals surface area contributed by atoms with Crippen LogP contribution < -0.4 is 4.74 Å². The van der Waals surface area contributed by atoms with Crippen LogP contribution >= 0.6 is 11.5 Å². The molecule has 0 bridgehead atoms. The van der Waals surface area contributed by atoms with Crippen LogP contribution in [0.15, 0.2) is 18.2 Å². The Morgan fingerprint density at radius 2 is 2.31 bits per heavy atom. The van der Waals surface area contributed by atoms with E-state index < -0.39 is 5.82 Å². The van der Waals surface area contributed by atoms with Crippen LogP contribution in [0.1, 0.15) is 10.5 Å². The number of methoxy groups -OCH3 is 1. The van der Waals surface area contributed by atoms with Gasteiger partial charge >= 0.3 is 0 Å². The highest BCUT2D eigenvalue weighted by Crippen LogP contribution is 2.29. The zero-order valence-electron chi connectivity index (χ0n) is 8.31. The number of hydrogen-bond donors (Lipinski definition) is 0. The average molecular weight is 238 g/mol. The molecule has 0 aliphatic rings. The van der Waals surface area contributed by atoms with Gasteiger partial charge in [-0.2, -0.15) is 0 Å². The van der Waals surface area contributed by atoms with E-state index in [4.69, 9.17) is 4.74 Å². The Labute approximate surface area is 94.8 Å². The molecule has 1 aromatic heterocycles.